The number of thiophene rings is 1. The minimum atomic E-state index is -4.77. The number of aromatic nitrogens is 2. The lowest BCUT2D eigenvalue weighted by molar-refractivity contribution is -0.141. The number of nitrogens with zero attached hydrogens (tertiary/aromatic N) is 5. The molecule has 0 aliphatic carbocycles. The second-order valence-electron chi connectivity index (χ2n) is 9.42. The number of aliphatic carboxylic acids is 1. The van der Waals surface area contributed by atoms with Crippen molar-refractivity contribution in [1.29, 1.82) is 5.26 Å². The zero-order valence-electron chi connectivity index (χ0n) is 21.3. The van der Waals surface area contributed by atoms with Crippen LogP contribution in [0, 0.1) is 11.3 Å². The fraction of sp³-hybridized carbons (Fsp3) is 0.333. The van der Waals surface area contributed by atoms with E-state index in [1.165, 1.54) is 23.6 Å². The minimum Gasteiger partial charge on any atom is -0.481 e. The van der Waals surface area contributed by atoms with Gasteiger partial charge < -0.3 is 14.9 Å². The van der Waals surface area contributed by atoms with Gasteiger partial charge in [0.15, 0.2) is 5.69 Å². The first-order valence-electron chi connectivity index (χ1n) is 12.1. The average molecular weight is 558 g/mol. The number of aryl methyl sites for hydroxylation is 1. The number of halogens is 3. The average Bonchev–Trinajstić information content (AvgIpc) is 3.51. The molecule has 204 valence electrons. The maximum absolute atomic E-state index is 14.1. The molecule has 0 unspecified atom stereocenters. The highest BCUT2D eigenvalue weighted by Gasteiger charge is 2.39. The van der Waals surface area contributed by atoms with Gasteiger partial charge >= 0.3 is 12.1 Å². The topological polar surface area (TPSA) is 102 Å². The molecule has 1 amide bonds. The molecule has 0 saturated carbocycles. The van der Waals surface area contributed by atoms with Gasteiger partial charge in [-0.3, -0.25) is 14.3 Å². The van der Waals surface area contributed by atoms with Crippen molar-refractivity contribution < 1.29 is 27.9 Å². The fourth-order valence-corrected chi connectivity index (χ4v) is 5.61. The van der Waals surface area contributed by atoms with Gasteiger partial charge in [0, 0.05) is 41.7 Å². The van der Waals surface area contributed by atoms with Crippen molar-refractivity contribution in [3.8, 4) is 17.2 Å². The molecule has 1 N–H and O–H groups in total. The summed E-state index contributed by atoms with van der Waals surface area (Å²) in [5.41, 5.74) is 0.356. The number of carbonyl (C=O) groups excluding carboxylic acids is 1. The highest BCUT2D eigenvalue weighted by atomic mass is 32.1. The Balaban J connectivity index is 1.80. The van der Waals surface area contributed by atoms with Gasteiger partial charge in [0.05, 0.1) is 19.5 Å². The Bertz CT molecular complexity index is 1450. The molecule has 3 aromatic rings. The Morgan fingerprint density at radius 3 is 2.67 bits per heavy atom. The predicted octanol–water partition coefficient (Wildman–Crippen LogP) is 4.57. The van der Waals surface area contributed by atoms with E-state index in [2.05, 4.69) is 11.2 Å². The van der Waals surface area contributed by atoms with Crippen molar-refractivity contribution in [3.05, 3.63) is 75.3 Å². The summed E-state index contributed by atoms with van der Waals surface area (Å²) in [4.78, 5) is 28.9. The number of rotatable bonds is 8. The van der Waals surface area contributed by atoms with Gasteiger partial charge in [-0.15, -0.1) is 11.3 Å². The molecular formula is C27H26F3N5O3S. The summed E-state index contributed by atoms with van der Waals surface area (Å²) in [6.45, 7) is 0.865. The summed E-state index contributed by atoms with van der Waals surface area (Å²) in [6.07, 6.45) is -0.700. The number of carboxylic acid groups (broad SMARTS) is 1. The Kier molecular flexibility index (Phi) is 8.22. The lowest BCUT2D eigenvalue weighted by atomic mass is 9.83. The van der Waals surface area contributed by atoms with Crippen LogP contribution in [-0.4, -0.2) is 63.7 Å². The third-order valence-corrected chi connectivity index (χ3v) is 7.36. The summed E-state index contributed by atoms with van der Waals surface area (Å²) in [5.74, 6) is -1.86. The van der Waals surface area contributed by atoms with Crippen molar-refractivity contribution in [1.82, 2.24) is 19.6 Å². The van der Waals surface area contributed by atoms with Crippen molar-refractivity contribution in [3.63, 3.8) is 0 Å². The van der Waals surface area contributed by atoms with Crippen LogP contribution in [0.2, 0.25) is 0 Å². The van der Waals surface area contributed by atoms with Gasteiger partial charge in [0.25, 0.3) is 0 Å². The summed E-state index contributed by atoms with van der Waals surface area (Å²) in [6, 6.07) is 10.5. The highest BCUT2D eigenvalue weighted by molar-refractivity contribution is 7.12. The molecule has 1 aliphatic heterocycles. The van der Waals surface area contributed by atoms with Gasteiger partial charge in [0.2, 0.25) is 5.91 Å². The first-order valence-corrected chi connectivity index (χ1v) is 12.9. The maximum Gasteiger partial charge on any atom is 0.435 e. The third-order valence-electron chi connectivity index (χ3n) is 6.32. The lowest BCUT2D eigenvalue weighted by Crippen LogP contribution is -2.37. The number of carbonyl (C=O) groups is 2. The smallest absolute Gasteiger partial charge is 0.435 e. The molecule has 0 bridgehead atoms. The van der Waals surface area contributed by atoms with Crippen LogP contribution in [0.15, 0.2) is 48.7 Å². The fourth-order valence-electron chi connectivity index (χ4n) is 4.58. The molecule has 1 atom stereocenters. The largest absolute Gasteiger partial charge is 0.481 e. The van der Waals surface area contributed by atoms with Crippen LogP contribution in [0.4, 0.5) is 13.2 Å². The molecule has 0 saturated heterocycles. The number of benzene rings is 1. The number of likely N-dealkylation sites (N-methyl/N-ethyl adjacent to an activating group) is 1. The quantitative estimate of drug-likeness (QED) is 0.407. The third kappa shape index (κ3) is 6.38. The molecule has 1 aliphatic rings. The van der Waals surface area contributed by atoms with E-state index in [4.69, 9.17) is 5.11 Å². The number of hydrogen-bond acceptors (Lipinski definition) is 6. The van der Waals surface area contributed by atoms with Gasteiger partial charge in [-0.25, -0.2) is 0 Å². The normalized spacial score (nSPS) is 15.5. The number of amides is 1. The molecular weight excluding hydrogens is 531 g/mol. The van der Waals surface area contributed by atoms with Gasteiger partial charge in [-0.2, -0.15) is 23.5 Å². The second kappa shape index (κ2) is 11.4. The summed E-state index contributed by atoms with van der Waals surface area (Å²) < 4.78 is 43.2. The molecule has 0 radical (unpaired) electrons. The number of fused-ring (bicyclic) bond motifs is 1. The molecule has 8 nitrogen and oxygen atoms in total. The van der Waals surface area contributed by atoms with Gasteiger partial charge in [-0.05, 0) is 36.9 Å². The lowest BCUT2D eigenvalue weighted by Gasteiger charge is -2.33. The Hall–Kier alpha value is -3.95. The van der Waals surface area contributed by atoms with E-state index < -0.39 is 23.8 Å². The van der Waals surface area contributed by atoms with E-state index in [1.807, 2.05) is 19.0 Å². The van der Waals surface area contributed by atoms with E-state index >= 15 is 0 Å². The number of alkyl halides is 3. The molecule has 0 fully saturated rings. The highest BCUT2D eigenvalue weighted by Crippen LogP contribution is 2.44. The van der Waals surface area contributed by atoms with Crippen LogP contribution >= 0.6 is 11.3 Å². The van der Waals surface area contributed by atoms with E-state index in [9.17, 15) is 28.0 Å². The number of carboxylic acids is 1. The van der Waals surface area contributed by atoms with Crippen molar-refractivity contribution in [2.75, 3.05) is 27.2 Å². The molecule has 4 rings (SSSR count). The van der Waals surface area contributed by atoms with Crippen LogP contribution < -0.4 is 0 Å². The Labute approximate surface area is 227 Å². The van der Waals surface area contributed by atoms with Gasteiger partial charge in [0.1, 0.15) is 10.9 Å². The number of hydrogen-bond donors (Lipinski definition) is 1. The van der Waals surface area contributed by atoms with Crippen LogP contribution in [0.1, 0.15) is 38.9 Å². The molecule has 0 spiro atoms. The molecule has 3 heterocycles. The molecule has 12 heteroatoms. The first-order chi connectivity index (χ1) is 18.5. The summed E-state index contributed by atoms with van der Waals surface area (Å²) in [7, 11) is 3.76. The van der Waals surface area contributed by atoms with Crippen LogP contribution in [0.25, 0.3) is 11.1 Å². The van der Waals surface area contributed by atoms with E-state index in [0.717, 1.165) is 15.1 Å². The standard InChI is InChI=1S/C27H26F3N5O3S/c1-33(2)10-5-8-24(36)34-14-21(20-12-17(13-31)39-23(20)16-34)18-6-3-4-7-19(18)22-15-35(11-9-25(37)38)32-26(22)27(28,29)30/h3-8,12,15,21H,9-11,14,16H2,1-2H3,(H,37,38)/b8-5+/t21-/m0/s1. The first kappa shape index (κ1) is 28.1. The zero-order chi connectivity index (χ0) is 28.3. The number of nitriles is 1. The van der Waals surface area contributed by atoms with Crippen LogP contribution in [0.3, 0.4) is 0 Å². The van der Waals surface area contributed by atoms with Crippen molar-refractivity contribution >= 4 is 23.2 Å². The Morgan fingerprint density at radius 2 is 2.00 bits per heavy atom. The summed E-state index contributed by atoms with van der Waals surface area (Å²) >= 11 is 1.27. The van der Waals surface area contributed by atoms with Crippen LogP contribution in [-0.2, 0) is 28.9 Å². The molecule has 39 heavy (non-hydrogen) atoms. The second-order valence-corrected chi connectivity index (χ2v) is 10.6. The van der Waals surface area contributed by atoms with E-state index in [0.29, 0.717) is 23.5 Å². The monoisotopic (exact) mass is 557 g/mol. The maximum atomic E-state index is 14.1. The predicted molar refractivity (Wildman–Crippen MR) is 139 cm³/mol. The van der Waals surface area contributed by atoms with Crippen molar-refractivity contribution in [2.45, 2.75) is 31.6 Å². The molecule has 2 aromatic heterocycles. The SMILES string of the molecule is CN(C)C/C=C/C(=O)N1Cc2sc(C#N)cc2[C@H](c2ccccc2-c2cn(CCC(=O)O)nc2C(F)(F)F)C1. The summed E-state index contributed by atoms with van der Waals surface area (Å²) in [5, 5.41) is 22.2. The molecule has 1 aromatic carbocycles. The van der Waals surface area contributed by atoms with Crippen LogP contribution in [0.5, 0.6) is 0 Å². The Morgan fingerprint density at radius 1 is 1.26 bits per heavy atom. The minimum absolute atomic E-state index is 0.171. The zero-order valence-corrected chi connectivity index (χ0v) is 22.1. The van der Waals surface area contributed by atoms with E-state index in [-0.39, 0.29) is 36.5 Å². The van der Waals surface area contributed by atoms with Gasteiger partial charge in [-0.1, -0.05) is 30.3 Å². The van der Waals surface area contributed by atoms with E-state index in [1.54, 1.807) is 41.3 Å². The van der Waals surface area contributed by atoms with Crippen molar-refractivity contribution in [2.24, 2.45) is 0 Å².